The lowest BCUT2D eigenvalue weighted by Gasteiger charge is -2.26. The maximum absolute atomic E-state index is 5.92. The molecule has 0 N–H and O–H groups in total. The van der Waals surface area contributed by atoms with Crippen LogP contribution in [0.3, 0.4) is 0 Å². The molecule has 1 aliphatic heterocycles. The number of benzene rings is 1. The lowest BCUT2D eigenvalue weighted by atomic mass is 9.90. The van der Waals surface area contributed by atoms with Gasteiger partial charge in [-0.15, -0.1) is 0 Å². The van der Waals surface area contributed by atoms with E-state index in [-0.39, 0.29) is 0 Å². The van der Waals surface area contributed by atoms with Crippen LogP contribution in [-0.2, 0) is 12.8 Å². The minimum Gasteiger partial charge on any atom is -0.493 e. The molecule has 0 radical (unpaired) electrons. The second-order valence-corrected chi connectivity index (χ2v) is 5.34. The first-order valence-electron chi connectivity index (χ1n) is 6.96. The molecular formula is C17H19NO2. The Morgan fingerprint density at radius 2 is 2.25 bits per heavy atom. The van der Waals surface area contributed by atoms with Gasteiger partial charge in [-0.05, 0) is 48.6 Å². The largest absolute Gasteiger partial charge is 0.493 e. The number of hydrogen-bond donors (Lipinski definition) is 0. The van der Waals surface area contributed by atoms with Crippen molar-refractivity contribution in [3.63, 3.8) is 0 Å². The van der Waals surface area contributed by atoms with E-state index < -0.39 is 0 Å². The molecule has 0 bridgehead atoms. The normalized spacial score (nSPS) is 17.2. The van der Waals surface area contributed by atoms with Gasteiger partial charge in [0.15, 0.2) is 11.5 Å². The van der Waals surface area contributed by atoms with Crippen LogP contribution in [0.2, 0.25) is 0 Å². The summed E-state index contributed by atoms with van der Waals surface area (Å²) in [7, 11) is 1.68. The minimum atomic E-state index is 0.498. The Bertz CT molecular complexity index is 610. The van der Waals surface area contributed by atoms with Crippen LogP contribution in [0.4, 0.5) is 0 Å². The standard InChI is InChI=1S/C17H19NO2/c1-12-6-7-18-10-15(12)9-13-8-14-4-3-5-16(19-2)17(14)20-11-13/h3-7,10,13H,8-9,11H2,1-2H3/t13-/m0/s1. The average molecular weight is 269 g/mol. The van der Waals surface area contributed by atoms with E-state index in [2.05, 4.69) is 24.0 Å². The number of methoxy groups -OCH3 is 1. The van der Waals surface area contributed by atoms with Crippen molar-refractivity contribution in [3.05, 3.63) is 53.3 Å². The number of pyridine rings is 1. The summed E-state index contributed by atoms with van der Waals surface area (Å²) < 4.78 is 11.3. The highest BCUT2D eigenvalue weighted by Gasteiger charge is 2.23. The maximum Gasteiger partial charge on any atom is 0.164 e. The summed E-state index contributed by atoms with van der Waals surface area (Å²) in [5.41, 5.74) is 3.85. The Morgan fingerprint density at radius 3 is 3.05 bits per heavy atom. The van der Waals surface area contributed by atoms with Crippen LogP contribution >= 0.6 is 0 Å². The summed E-state index contributed by atoms with van der Waals surface area (Å²) in [5.74, 6) is 2.24. The lowest BCUT2D eigenvalue weighted by Crippen LogP contribution is -2.23. The van der Waals surface area contributed by atoms with E-state index in [0.717, 1.165) is 30.9 Å². The molecule has 0 fully saturated rings. The molecule has 1 aliphatic rings. The number of hydrogen-bond acceptors (Lipinski definition) is 3. The summed E-state index contributed by atoms with van der Waals surface area (Å²) >= 11 is 0. The molecule has 1 atom stereocenters. The van der Waals surface area contributed by atoms with Gasteiger partial charge in [0, 0.05) is 18.3 Å². The van der Waals surface area contributed by atoms with Gasteiger partial charge in [0.2, 0.25) is 0 Å². The van der Waals surface area contributed by atoms with E-state index in [1.54, 1.807) is 7.11 Å². The molecule has 0 saturated heterocycles. The van der Waals surface area contributed by atoms with Crippen LogP contribution in [0, 0.1) is 12.8 Å². The monoisotopic (exact) mass is 269 g/mol. The van der Waals surface area contributed by atoms with Crippen LogP contribution in [0.5, 0.6) is 11.5 Å². The number of para-hydroxylation sites is 1. The summed E-state index contributed by atoms with van der Waals surface area (Å²) in [6.45, 7) is 2.87. The SMILES string of the molecule is COc1cccc2c1OC[C@H](Cc1cnccc1C)C2. The van der Waals surface area contributed by atoms with Crippen LogP contribution < -0.4 is 9.47 Å². The number of nitrogens with zero attached hydrogens (tertiary/aromatic N) is 1. The number of fused-ring (bicyclic) bond motifs is 1. The molecular weight excluding hydrogens is 250 g/mol. The van der Waals surface area contributed by atoms with Crippen molar-refractivity contribution in [1.82, 2.24) is 4.98 Å². The first kappa shape index (κ1) is 13.0. The van der Waals surface area contributed by atoms with Crippen molar-refractivity contribution < 1.29 is 9.47 Å². The van der Waals surface area contributed by atoms with Gasteiger partial charge in [-0.1, -0.05) is 12.1 Å². The number of aryl methyl sites for hydroxylation is 1. The zero-order valence-corrected chi connectivity index (χ0v) is 11.9. The fraction of sp³-hybridized carbons (Fsp3) is 0.353. The van der Waals surface area contributed by atoms with Crippen molar-refractivity contribution in [3.8, 4) is 11.5 Å². The molecule has 2 heterocycles. The molecule has 1 aromatic heterocycles. The van der Waals surface area contributed by atoms with Crippen molar-refractivity contribution in [1.29, 1.82) is 0 Å². The van der Waals surface area contributed by atoms with E-state index in [0.29, 0.717) is 5.92 Å². The third-order valence-corrected chi connectivity index (χ3v) is 3.91. The molecule has 2 aromatic rings. The predicted molar refractivity (Wildman–Crippen MR) is 78.4 cm³/mol. The van der Waals surface area contributed by atoms with Crippen LogP contribution in [0.25, 0.3) is 0 Å². The van der Waals surface area contributed by atoms with Gasteiger partial charge >= 0.3 is 0 Å². The zero-order valence-electron chi connectivity index (χ0n) is 11.9. The van der Waals surface area contributed by atoms with Gasteiger partial charge in [-0.25, -0.2) is 0 Å². The van der Waals surface area contributed by atoms with Crippen molar-refractivity contribution in [2.75, 3.05) is 13.7 Å². The quantitative estimate of drug-likeness (QED) is 0.857. The number of rotatable bonds is 3. The first-order valence-corrected chi connectivity index (χ1v) is 6.96. The van der Waals surface area contributed by atoms with Crippen LogP contribution in [0.1, 0.15) is 16.7 Å². The highest BCUT2D eigenvalue weighted by Crippen LogP contribution is 2.36. The molecule has 0 unspecified atom stereocenters. The smallest absolute Gasteiger partial charge is 0.164 e. The molecule has 0 aliphatic carbocycles. The molecule has 0 saturated carbocycles. The van der Waals surface area contributed by atoms with E-state index in [1.165, 1.54) is 16.7 Å². The summed E-state index contributed by atoms with van der Waals surface area (Å²) in [6.07, 6.45) is 5.85. The maximum atomic E-state index is 5.92. The van der Waals surface area contributed by atoms with Gasteiger partial charge in [0.1, 0.15) is 0 Å². The Balaban J connectivity index is 1.78. The summed E-state index contributed by atoms with van der Waals surface area (Å²) in [4.78, 5) is 4.22. The number of ether oxygens (including phenoxy) is 2. The molecule has 3 heteroatoms. The van der Waals surface area contributed by atoms with Gasteiger partial charge in [-0.3, -0.25) is 4.98 Å². The van der Waals surface area contributed by atoms with Crippen molar-refractivity contribution in [2.24, 2.45) is 5.92 Å². The molecule has 104 valence electrons. The topological polar surface area (TPSA) is 31.4 Å². The van der Waals surface area contributed by atoms with E-state index >= 15 is 0 Å². The summed E-state index contributed by atoms with van der Waals surface area (Å²) in [6, 6.07) is 8.17. The van der Waals surface area contributed by atoms with E-state index in [1.807, 2.05) is 24.5 Å². The first-order chi connectivity index (χ1) is 9.78. The summed E-state index contributed by atoms with van der Waals surface area (Å²) in [5, 5.41) is 0. The third kappa shape index (κ3) is 2.48. The van der Waals surface area contributed by atoms with Gasteiger partial charge < -0.3 is 9.47 Å². The Morgan fingerprint density at radius 1 is 1.35 bits per heavy atom. The molecule has 3 nitrogen and oxygen atoms in total. The zero-order chi connectivity index (χ0) is 13.9. The van der Waals surface area contributed by atoms with Crippen molar-refractivity contribution in [2.45, 2.75) is 19.8 Å². The fourth-order valence-electron chi connectivity index (χ4n) is 2.77. The second kappa shape index (κ2) is 5.53. The Labute approximate surface area is 119 Å². The van der Waals surface area contributed by atoms with Gasteiger partial charge in [-0.2, -0.15) is 0 Å². The number of aromatic nitrogens is 1. The highest BCUT2D eigenvalue weighted by atomic mass is 16.5. The molecule has 0 amide bonds. The molecule has 20 heavy (non-hydrogen) atoms. The molecule has 1 aromatic carbocycles. The average Bonchev–Trinajstić information content (AvgIpc) is 2.49. The Kier molecular flexibility index (Phi) is 3.59. The molecule has 0 spiro atoms. The van der Waals surface area contributed by atoms with Crippen LogP contribution in [0.15, 0.2) is 36.7 Å². The highest BCUT2D eigenvalue weighted by molar-refractivity contribution is 5.47. The Hall–Kier alpha value is -2.03. The molecule has 3 rings (SSSR count). The predicted octanol–water partition coefficient (Wildman–Crippen LogP) is 3.19. The van der Waals surface area contributed by atoms with Crippen LogP contribution in [-0.4, -0.2) is 18.7 Å². The van der Waals surface area contributed by atoms with Gasteiger partial charge in [0.05, 0.1) is 13.7 Å². The van der Waals surface area contributed by atoms with E-state index in [9.17, 15) is 0 Å². The fourth-order valence-corrected chi connectivity index (χ4v) is 2.77. The lowest BCUT2D eigenvalue weighted by molar-refractivity contribution is 0.211. The van der Waals surface area contributed by atoms with E-state index in [4.69, 9.17) is 9.47 Å². The van der Waals surface area contributed by atoms with Crippen molar-refractivity contribution >= 4 is 0 Å². The second-order valence-electron chi connectivity index (χ2n) is 5.34. The van der Waals surface area contributed by atoms with Gasteiger partial charge in [0.25, 0.3) is 0 Å². The minimum absolute atomic E-state index is 0.498. The third-order valence-electron chi connectivity index (χ3n) is 3.91.